The number of nitrogens with zero attached hydrogens (tertiary/aromatic N) is 1. The van der Waals surface area contributed by atoms with E-state index in [2.05, 4.69) is 0 Å². The molecule has 7 heteroatoms. The van der Waals surface area contributed by atoms with Gasteiger partial charge in [-0.05, 0) is 42.7 Å². The Hall–Kier alpha value is -3.32. The second kappa shape index (κ2) is 7.97. The Morgan fingerprint density at radius 2 is 2.00 bits per heavy atom. The fourth-order valence-electron chi connectivity index (χ4n) is 3.72. The normalized spacial score (nSPS) is 13.2. The number of nitrogens with one attached hydrogen (secondary N) is 1. The Balaban J connectivity index is 1.40. The fraction of sp³-hybridized carbons (Fsp3) is 0.273. The molecule has 0 saturated heterocycles. The Morgan fingerprint density at radius 3 is 2.72 bits per heavy atom. The molecule has 150 valence electrons. The molecule has 1 aliphatic rings. The van der Waals surface area contributed by atoms with E-state index in [1.54, 1.807) is 36.9 Å². The summed E-state index contributed by atoms with van der Waals surface area (Å²) in [6.45, 7) is 1.14. The molecule has 0 saturated carbocycles. The topological polar surface area (TPSA) is 92.0 Å². The van der Waals surface area contributed by atoms with Crippen molar-refractivity contribution in [2.24, 2.45) is 0 Å². The maximum absolute atomic E-state index is 12.7. The first-order chi connectivity index (χ1) is 14.1. The second-order valence-electron chi connectivity index (χ2n) is 7.07. The Kier molecular flexibility index (Phi) is 5.22. The summed E-state index contributed by atoms with van der Waals surface area (Å²) >= 11 is 0. The number of hydrogen-bond donors (Lipinski definition) is 2. The van der Waals surface area contributed by atoms with Crippen molar-refractivity contribution in [1.82, 2.24) is 10.4 Å². The maximum atomic E-state index is 12.7. The number of hydrogen-bond acceptors (Lipinski definition) is 5. The molecule has 7 nitrogen and oxygen atoms in total. The van der Waals surface area contributed by atoms with E-state index < -0.39 is 5.91 Å². The van der Waals surface area contributed by atoms with Crippen molar-refractivity contribution >= 4 is 22.8 Å². The van der Waals surface area contributed by atoms with E-state index in [0.717, 1.165) is 34.5 Å². The lowest BCUT2D eigenvalue weighted by molar-refractivity contribution is -0.132. The molecule has 2 heterocycles. The van der Waals surface area contributed by atoms with Crippen molar-refractivity contribution in [2.45, 2.75) is 25.8 Å². The van der Waals surface area contributed by atoms with Gasteiger partial charge in [-0.1, -0.05) is 12.1 Å². The van der Waals surface area contributed by atoms with E-state index in [9.17, 15) is 9.59 Å². The average molecular weight is 394 g/mol. The van der Waals surface area contributed by atoms with Crippen LogP contribution in [0.5, 0.6) is 5.75 Å². The van der Waals surface area contributed by atoms with Crippen LogP contribution < -0.4 is 10.2 Å². The lowest BCUT2D eigenvalue weighted by atomic mass is 10.0. The molecule has 2 aromatic carbocycles. The number of fused-ring (bicyclic) bond motifs is 3. The molecular formula is C22H22N2O5. The number of aryl methyl sites for hydroxylation is 1. The number of furan rings is 1. The SMILES string of the molecule is COc1ccc2c3c(oc2c1)CN(C(=O)CCc1ccc(C(=O)NO)cc1)CC3. The Labute approximate surface area is 167 Å². The van der Waals surface area contributed by atoms with Gasteiger partial charge in [0.25, 0.3) is 5.91 Å². The number of amides is 2. The van der Waals surface area contributed by atoms with E-state index in [4.69, 9.17) is 14.4 Å². The van der Waals surface area contributed by atoms with E-state index in [1.807, 2.05) is 23.1 Å². The molecule has 2 N–H and O–H groups in total. The molecule has 0 bridgehead atoms. The molecule has 0 aliphatic carbocycles. The number of rotatable bonds is 5. The Morgan fingerprint density at radius 1 is 1.21 bits per heavy atom. The number of carbonyl (C=O) groups is 2. The van der Waals surface area contributed by atoms with Gasteiger partial charge in [-0.3, -0.25) is 14.8 Å². The summed E-state index contributed by atoms with van der Waals surface area (Å²) in [7, 11) is 1.62. The number of methoxy groups -OCH3 is 1. The molecule has 29 heavy (non-hydrogen) atoms. The number of hydroxylamine groups is 1. The van der Waals surface area contributed by atoms with E-state index in [1.165, 1.54) is 5.56 Å². The molecular weight excluding hydrogens is 372 g/mol. The quantitative estimate of drug-likeness (QED) is 0.513. The van der Waals surface area contributed by atoms with Gasteiger partial charge in [-0.25, -0.2) is 5.48 Å². The van der Waals surface area contributed by atoms with Crippen LogP contribution in [0.25, 0.3) is 11.0 Å². The highest BCUT2D eigenvalue weighted by Crippen LogP contribution is 2.32. The van der Waals surface area contributed by atoms with E-state index >= 15 is 0 Å². The van der Waals surface area contributed by atoms with Crippen molar-refractivity contribution < 1.29 is 24.0 Å². The first-order valence-corrected chi connectivity index (χ1v) is 9.48. The minimum atomic E-state index is -0.555. The van der Waals surface area contributed by atoms with E-state index in [-0.39, 0.29) is 5.91 Å². The predicted molar refractivity (Wildman–Crippen MR) is 106 cm³/mol. The first-order valence-electron chi connectivity index (χ1n) is 9.48. The van der Waals surface area contributed by atoms with Gasteiger partial charge in [0, 0.05) is 35.5 Å². The molecule has 2 amide bonds. The van der Waals surface area contributed by atoms with Crippen LogP contribution in [0.1, 0.15) is 33.7 Å². The fourth-order valence-corrected chi connectivity index (χ4v) is 3.72. The van der Waals surface area contributed by atoms with Gasteiger partial charge in [-0.15, -0.1) is 0 Å². The van der Waals surface area contributed by atoms with E-state index in [0.29, 0.717) is 31.5 Å². The summed E-state index contributed by atoms with van der Waals surface area (Å²) in [6.07, 6.45) is 1.74. The van der Waals surface area contributed by atoms with Crippen LogP contribution >= 0.6 is 0 Å². The van der Waals surface area contributed by atoms with Crippen LogP contribution in [0.3, 0.4) is 0 Å². The zero-order valence-corrected chi connectivity index (χ0v) is 16.1. The molecule has 1 aliphatic heterocycles. The summed E-state index contributed by atoms with van der Waals surface area (Å²) in [5.41, 5.74) is 4.89. The number of benzene rings is 2. The molecule has 4 rings (SSSR count). The van der Waals surface area contributed by atoms with Gasteiger partial charge < -0.3 is 14.1 Å². The van der Waals surface area contributed by atoms with Crippen molar-refractivity contribution in [1.29, 1.82) is 0 Å². The van der Waals surface area contributed by atoms with Gasteiger partial charge in [0.05, 0.1) is 13.7 Å². The zero-order valence-electron chi connectivity index (χ0n) is 16.1. The largest absolute Gasteiger partial charge is 0.497 e. The molecule has 1 aromatic heterocycles. The van der Waals surface area contributed by atoms with Crippen LogP contribution in [0.15, 0.2) is 46.9 Å². The smallest absolute Gasteiger partial charge is 0.274 e. The average Bonchev–Trinajstić information content (AvgIpc) is 3.13. The third-order valence-corrected chi connectivity index (χ3v) is 5.35. The minimum Gasteiger partial charge on any atom is -0.497 e. The van der Waals surface area contributed by atoms with Crippen molar-refractivity contribution in [3.63, 3.8) is 0 Å². The van der Waals surface area contributed by atoms with Crippen LogP contribution in [0, 0.1) is 0 Å². The molecule has 0 unspecified atom stereocenters. The summed E-state index contributed by atoms with van der Waals surface area (Å²) in [4.78, 5) is 25.9. The van der Waals surface area contributed by atoms with Crippen molar-refractivity contribution in [2.75, 3.05) is 13.7 Å². The lowest BCUT2D eigenvalue weighted by Crippen LogP contribution is -2.35. The van der Waals surface area contributed by atoms with Gasteiger partial charge in [0.15, 0.2) is 0 Å². The van der Waals surface area contributed by atoms with Gasteiger partial charge in [0.1, 0.15) is 17.1 Å². The highest BCUT2D eigenvalue weighted by atomic mass is 16.5. The maximum Gasteiger partial charge on any atom is 0.274 e. The molecule has 0 spiro atoms. The zero-order chi connectivity index (χ0) is 20.4. The molecule has 0 radical (unpaired) electrons. The van der Waals surface area contributed by atoms with Crippen LogP contribution in [-0.2, 0) is 24.2 Å². The second-order valence-corrected chi connectivity index (χ2v) is 7.07. The summed E-state index contributed by atoms with van der Waals surface area (Å²) in [5, 5.41) is 9.74. The first kappa shape index (κ1) is 19.0. The third kappa shape index (κ3) is 3.82. The number of carbonyl (C=O) groups excluding carboxylic acids is 2. The molecule has 3 aromatic rings. The predicted octanol–water partition coefficient (Wildman–Crippen LogP) is 3.08. The van der Waals surface area contributed by atoms with Crippen molar-refractivity contribution in [3.8, 4) is 5.75 Å². The highest BCUT2D eigenvalue weighted by Gasteiger charge is 2.25. The van der Waals surface area contributed by atoms with Crippen LogP contribution in [0.2, 0.25) is 0 Å². The standard InChI is InChI=1S/C22H22N2O5/c1-28-16-7-8-17-18-10-11-24(13-20(18)29-19(17)12-16)21(25)9-4-14-2-5-15(6-3-14)22(26)23-27/h2-3,5-8,12,27H,4,9-11,13H2,1H3,(H,23,26). The summed E-state index contributed by atoms with van der Waals surface area (Å²) < 4.78 is 11.2. The Bertz CT molecular complexity index is 1050. The lowest BCUT2D eigenvalue weighted by Gasteiger charge is -2.26. The monoisotopic (exact) mass is 394 g/mol. The van der Waals surface area contributed by atoms with Crippen molar-refractivity contribution in [3.05, 3.63) is 64.9 Å². The van der Waals surface area contributed by atoms with Crippen LogP contribution in [0.4, 0.5) is 0 Å². The molecule has 0 fully saturated rings. The van der Waals surface area contributed by atoms with Crippen LogP contribution in [-0.4, -0.2) is 35.6 Å². The highest BCUT2D eigenvalue weighted by molar-refractivity contribution is 5.93. The summed E-state index contributed by atoms with van der Waals surface area (Å²) in [6, 6.07) is 12.6. The summed E-state index contributed by atoms with van der Waals surface area (Å²) in [5.74, 6) is 1.11. The van der Waals surface area contributed by atoms with Gasteiger partial charge >= 0.3 is 0 Å². The van der Waals surface area contributed by atoms with Gasteiger partial charge in [0.2, 0.25) is 5.91 Å². The van der Waals surface area contributed by atoms with Gasteiger partial charge in [-0.2, -0.15) is 0 Å². The molecule has 0 atom stereocenters. The minimum absolute atomic E-state index is 0.0749. The number of ether oxygens (including phenoxy) is 1. The third-order valence-electron chi connectivity index (χ3n) is 5.35.